The molecular formula is C20H26ClNO. The van der Waals surface area contributed by atoms with Crippen LogP contribution in [0.25, 0.3) is 0 Å². The van der Waals surface area contributed by atoms with Gasteiger partial charge in [0.05, 0.1) is 6.54 Å². The van der Waals surface area contributed by atoms with Gasteiger partial charge in [-0.15, -0.1) is 0 Å². The quantitative estimate of drug-likeness (QED) is 0.667. The minimum atomic E-state index is 0.0681. The number of aryl methyl sites for hydroxylation is 1. The molecule has 124 valence electrons. The van der Waals surface area contributed by atoms with E-state index in [0.29, 0.717) is 5.92 Å². The van der Waals surface area contributed by atoms with Gasteiger partial charge < -0.3 is 10.1 Å². The number of hydrogen-bond donors (Lipinski definition) is 1. The fourth-order valence-corrected chi connectivity index (χ4v) is 2.68. The third-order valence-electron chi connectivity index (χ3n) is 4.17. The van der Waals surface area contributed by atoms with E-state index in [-0.39, 0.29) is 6.10 Å². The Morgan fingerprint density at radius 2 is 1.87 bits per heavy atom. The van der Waals surface area contributed by atoms with E-state index in [1.54, 1.807) is 0 Å². The molecule has 0 saturated carbocycles. The normalized spacial score (nSPS) is 13.4. The molecule has 0 fully saturated rings. The monoisotopic (exact) mass is 331 g/mol. The Hall–Kier alpha value is -1.67. The third kappa shape index (κ3) is 4.90. The average molecular weight is 332 g/mol. The van der Waals surface area contributed by atoms with Crippen LogP contribution in [0.5, 0.6) is 5.75 Å². The Balaban J connectivity index is 2.00. The van der Waals surface area contributed by atoms with Crippen LogP contribution in [0.2, 0.25) is 5.02 Å². The van der Waals surface area contributed by atoms with Crippen molar-refractivity contribution in [3.8, 4) is 5.75 Å². The molecule has 1 N–H and O–H groups in total. The first-order chi connectivity index (χ1) is 11.0. The molecule has 0 heterocycles. The van der Waals surface area contributed by atoms with Crippen molar-refractivity contribution in [3.63, 3.8) is 0 Å². The van der Waals surface area contributed by atoms with Crippen LogP contribution in [0, 0.1) is 6.92 Å². The van der Waals surface area contributed by atoms with E-state index >= 15 is 0 Å². The van der Waals surface area contributed by atoms with Crippen molar-refractivity contribution in [2.45, 2.75) is 46.1 Å². The Morgan fingerprint density at radius 3 is 2.61 bits per heavy atom. The second kappa shape index (κ2) is 8.26. The zero-order valence-corrected chi connectivity index (χ0v) is 15.2. The van der Waals surface area contributed by atoms with Gasteiger partial charge in [-0.25, -0.2) is 0 Å². The Morgan fingerprint density at radius 1 is 1.13 bits per heavy atom. The fourth-order valence-electron chi connectivity index (χ4n) is 2.51. The highest BCUT2D eigenvalue weighted by Gasteiger charge is 2.12. The molecule has 0 amide bonds. The Labute approximate surface area is 144 Å². The number of nitrogens with one attached hydrogen (secondary N) is 1. The summed E-state index contributed by atoms with van der Waals surface area (Å²) in [5, 5.41) is 4.17. The van der Waals surface area contributed by atoms with Crippen LogP contribution in [-0.4, -0.2) is 12.6 Å². The molecule has 0 spiro atoms. The minimum absolute atomic E-state index is 0.0681. The summed E-state index contributed by atoms with van der Waals surface area (Å²) in [6, 6.07) is 14.2. The molecule has 3 heteroatoms. The molecule has 0 aromatic heterocycles. The van der Waals surface area contributed by atoms with Gasteiger partial charge in [-0.3, -0.25) is 0 Å². The highest BCUT2D eigenvalue weighted by atomic mass is 35.5. The van der Waals surface area contributed by atoms with Crippen molar-refractivity contribution < 1.29 is 4.74 Å². The van der Waals surface area contributed by atoms with Crippen LogP contribution in [0.1, 0.15) is 44.2 Å². The van der Waals surface area contributed by atoms with Crippen LogP contribution in [0.15, 0.2) is 42.5 Å². The SMILES string of the molecule is CCC(C)c1ccccc1OC(C)CNc1cc(Cl)ccc1C. The number of halogens is 1. The zero-order chi connectivity index (χ0) is 16.8. The Kier molecular flexibility index (Phi) is 6.35. The molecule has 0 aliphatic rings. The number of para-hydroxylation sites is 1. The first-order valence-corrected chi connectivity index (χ1v) is 8.64. The molecule has 2 aromatic carbocycles. The lowest BCUT2D eigenvalue weighted by Gasteiger charge is -2.21. The van der Waals surface area contributed by atoms with E-state index in [9.17, 15) is 0 Å². The van der Waals surface area contributed by atoms with E-state index in [2.05, 4.69) is 51.2 Å². The average Bonchev–Trinajstić information content (AvgIpc) is 2.55. The lowest BCUT2D eigenvalue weighted by atomic mass is 9.98. The summed E-state index contributed by atoms with van der Waals surface area (Å²) >= 11 is 6.06. The first kappa shape index (κ1) is 17.7. The van der Waals surface area contributed by atoms with Gasteiger partial charge in [-0.2, -0.15) is 0 Å². The predicted octanol–water partition coefficient (Wildman–Crippen LogP) is 6.04. The molecule has 2 unspecified atom stereocenters. The summed E-state index contributed by atoms with van der Waals surface area (Å²) in [4.78, 5) is 0. The molecule has 0 bridgehead atoms. The second-order valence-electron chi connectivity index (χ2n) is 6.12. The van der Waals surface area contributed by atoms with Gasteiger partial charge >= 0.3 is 0 Å². The van der Waals surface area contributed by atoms with Crippen LogP contribution in [-0.2, 0) is 0 Å². The third-order valence-corrected chi connectivity index (χ3v) is 4.41. The molecule has 0 aliphatic heterocycles. The number of benzene rings is 2. The highest BCUT2D eigenvalue weighted by Crippen LogP contribution is 2.29. The lowest BCUT2D eigenvalue weighted by Crippen LogP contribution is -2.23. The topological polar surface area (TPSA) is 21.3 Å². The summed E-state index contributed by atoms with van der Waals surface area (Å²) in [7, 11) is 0. The molecule has 0 radical (unpaired) electrons. The van der Waals surface area contributed by atoms with E-state index in [4.69, 9.17) is 16.3 Å². The number of ether oxygens (including phenoxy) is 1. The van der Waals surface area contributed by atoms with E-state index in [0.717, 1.165) is 29.4 Å². The van der Waals surface area contributed by atoms with Crippen molar-refractivity contribution in [2.24, 2.45) is 0 Å². The van der Waals surface area contributed by atoms with Gasteiger partial charge in [0, 0.05) is 10.7 Å². The minimum Gasteiger partial charge on any atom is -0.489 e. The van der Waals surface area contributed by atoms with Crippen molar-refractivity contribution in [1.29, 1.82) is 0 Å². The molecule has 2 nitrogen and oxygen atoms in total. The van der Waals surface area contributed by atoms with Gasteiger partial charge in [-0.05, 0) is 55.5 Å². The molecular weight excluding hydrogens is 306 g/mol. The zero-order valence-electron chi connectivity index (χ0n) is 14.4. The smallest absolute Gasteiger partial charge is 0.123 e. The van der Waals surface area contributed by atoms with E-state index in [1.807, 2.05) is 24.3 Å². The summed E-state index contributed by atoms with van der Waals surface area (Å²) in [6.07, 6.45) is 1.17. The molecule has 2 atom stereocenters. The van der Waals surface area contributed by atoms with Crippen LogP contribution >= 0.6 is 11.6 Å². The van der Waals surface area contributed by atoms with Gasteiger partial charge in [-0.1, -0.05) is 49.7 Å². The molecule has 0 aliphatic carbocycles. The highest BCUT2D eigenvalue weighted by molar-refractivity contribution is 6.30. The predicted molar refractivity (Wildman–Crippen MR) is 99.9 cm³/mol. The summed E-state index contributed by atoms with van der Waals surface area (Å²) in [5.41, 5.74) is 3.52. The van der Waals surface area contributed by atoms with Gasteiger partial charge in [0.25, 0.3) is 0 Å². The van der Waals surface area contributed by atoms with Gasteiger partial charge in [0.1, 0.15) is 11.9 Å². The molecule has 0 saturated heterocycles. The standard InChI is InChI=1S/C20H26ClNO/c1-5-14(2)18-8-6-7-9-20(18)23-16(4)13-22-19-12-17(21)11-10-15(19)3/h6-12,14,16,22H,5,13H2,1-4H3. The summed E-state index contributed by atoms with van der Waals surface area (Å²) < 4.78 is 6.16. The van der Waals surface area contributed by atoms with Crippen molar-refractivity contribution in [3.05, 3.63) is 58.6 Å². The summed E-state index contributed by atoms with van der Waals surface area (Å²) in [5.74, 6) is 1.49. The van der Waals surface area contributed by atoms with Crippen LogP contribution < -0.4 is 10.1 Å². The fraction of sp³-hybridized carbons (Fsp3) is 0.400. The van der Waals surface area contributed by atoms with Gasteiger partial charge in [0.2, 0.25) is 0 Å². The summed E-state index contributed by atoms with van der Waals surface area (Å²) in [6.45, 7) is 9.33. The Bertz CT molecular complexity index is 641. The second-order valence-corrected chi connectivity index (χ2v) is 6.55. The number of rotatable bonds is 7. The molecule has 23 heavy (non-hydrogen) atoms. The first-order valence-electron chi connectivity index (χ1n) is 8.26. The van der Waals surface area contributed by atoms with Crippen molar-refractivity contribution in [1.82, 2.24) is 0 Å². The van der Waals surface area contributed by atoms with Crippen LogP contribution in [0.4, 0.5) is 5.69 Å². The largest absolute Gasteiger partial charge is 0.489 e. The lowest BCUT2D eigenvalue weighted by molar-refractivity contribution is 0.231. The van der Waals surface area contributed by atoms with Crippen LogP contribution in [0.3, 0.4) is 0 Å². The van der Waals surface area contributed by atoms with E-state index < -0.39 is 0 Å². The maximum atomic E-state index is 6.16. The van der Waals surface area contributed by atoms with Gasteiger partial charge in [0.15, 0.2) is 0 Å². The molecule has 2 aromatic rings. The van der Waals surface area contributed by atoms with Crippen molar-refractivity contribution >= 4 is 17.3 Å². The number of hydrogen-bond acceptors (Lipinski definition) is 2. The van der Waals surface area contributed by atoms with Crippen molar-refractivity contribution in [2.75, 3.05) is 11.9 Å². The molecule has 2 rings (SSSR count). The maximum Gasteiger partial charge on any atom is 0.123 e. The maximum absolute atomic E-state index is 6.16. The van der Waals surface area contributed by atoms with E-state index in [1.165, 1.54) is 11.1 Å². The number of anilines is 1.